The van der Waals surface area contributed by atoms with Crippen molar-refractivity contribution >= 4 is 0 Å². The van der Waals surface area contributed by atoms with Gasteiger partial charge < -0.3 is 48.8 Å². The van der Waals surface area contributed by atoms with Crippen molar-refractivity contribution in [3.8, 4) is 23.0 Å². The van der Waals surface area contributed by atoms with Crippen LogP contribution in [-0.2, 0) is 9.47 Å². The Morgan fingerprint density at radius 3 is 1.27 bits per heavy atom. The molecule has 0 saturated carbocycles. The summed E-state index contributed by atoms with van der Waals surface area (Å²) in [5.74, 6) is 2.34. The van der Waals surface area contributed by atoms with E-state index < -0.39 is 12.2 Å². The van der Waals surface area contributed by atoms with E-state index in [1.165, 1.54) is 0 Å². The third-order valence-electron chi connectivity index (χ3n) is 8.36. The van der Waals surface area contributed by atoms with E-state index in [4.69, 9.17) is 28.4 Å². The van der Waals surface area contributed by atoms with E-state index in [1.807, 2.05) is 72.8 Å². The van der Waals surface area contributed by atoms with Crippen LogP contribution in [0.15, 0.2) is 97.1 Å². The van der Waals surface area contributed by atoms with Gasteiger partial charge in [0.2, 0.25) is 6.29 Å². The predicted octanol–water partition coefficient (Wildman–Crippen LogP) is 4.02. The van der Waals surface area contributed by atoms with Gasteiger partial charge in [0, 0.05) is 18.3 Å². The highest BCUT2D eigenvalue weighted by Gasteiger charge is 2.30. The van der Waals surface area contributed by atoms with Gasteiger partial charge in [0.25, 0.3) is 0 Å². The first kappa shape index (κ1) is 33.7. The van der Waals surface area contributed by atoms with Crippen LogP contribution in [0.3, 0.4) is 0 Å². The van der Waals surface area contributed by atoms with Gasteiger partial charge in [-0.1, -0.05) is 48.5 Å². The molecular formula is C38H42O10. The van der Waals surface area contributed by atoms with E-state index in [-0.39, 0.29) is 50.7 Å². The molecular weight excluding hydrogens is 616 g/mol. The number of epoxide rings is 1. The normalized spacial score (nSPS) is 19.3. The summed E-state index contributed by atoms with van der Waals surface area (Å²) in [6.45, 7) is 1.16. The number of aliphatic hydroxyl groups excluding tert-OH is 4. The second kappa shape index (κ2) is 16.3. The van der Waals surface area contributed by atoms with Crippen LogP contribution in [0, 0.1) is 0 Å². The fourth-order valence-corrected chi connectivity index (χ4v) is 5.53. The van der Waals surface area contributed by atoms with Crippen molar-refractivity contribution in [1.82, 2.24) is 0 Å². The lowest BCUT2D eigenvalue weighted by molar-refractivity contribution is -0.165. The van der Waals surface area contributed by atoms with Gasteiger partial charge in [0.05, 0.1) is 26.4 Å². The average Bonchev–Trinajstić information content (AvgIpc) is 3.95. The molecule has 4 aromatic carbocycles. The molecule has 254 valence electrons. The van der Waals surface area contributed by atoms with Gasteiger partial charge in [-0.2, -0.15) is 0 Å². The van der Waals surface area contributed by atoms with E-state index in [0.717, 1.165) is 46.8 Å². The van der Waals surface area contributed by atoms with E-state index in [0.29, 0.717) is 24.7 Å². The summed E-state index contributed by atoms with van der Waals surface area (Å²) < 4.78 is 34.1. The van der Waals surface area contributed by atoms with Crippen LogP contribution >= 0.6 is 0 Å². The molecule has 2 aliphatic rings. The number of aliphatic hydroxyl groups is 4. The highest BCUT2D eigenvalue weighted by atomic mass is 16.7. The number of rotatable bonds is 18. The Bertz CT molecular complexity index is 1530. The zero-order valence-corrected chi connectivity index (χ0v) is 26.6. The average molecular weight is 659 g/mol. The fourth-order valence-electron chi connectivity index (χ4n) is 5.53. The molecule has 2 fully saturated rings. The minimum Gasteiger partial charge on any atom is -0.491 e. The van der Waals surface area contributed by atoms with E-state index in [9.17, 15) is 20.4 Å². The Morgan fingerprint density at radius 2 is 0.938 bits per heavy atom. The van der Waals surface area contributed by atoms with E-state index in [2.05, 4.69) is 24.3 Å². The minimum atomic E-state index is -0.963. The molecule has 0 bridgehead atoms. The largest absolute Gasteiger partial charge is 0.491 e. The molecule has 2 saturated heterocycles. The van der Waals surface area contributed by atoms with Crippen LogP contribution in [0.4, 0.5) is 0 Å². The first-order valence-electron chi connectivity index (χ1n) is 16.2. The van der Waals surface area contributed by atoms with Gasteiger partial charge in [-0.05, 0) is 70.8 Å². The van der Waals surface area contributed by atoms with Crippen LogP contribution < -0.4 is 18.9 Å². The van der Waals surface area contributed by atoms with Crippen LogP contribution in [-0.4, -0.2) is 91.3 Å². The number of benzene rings is 4. The van der Waals surface area contributed by atoms with Gasteiger partial charge in [-0.15, -0.1) is 0 Å². The van der Waals surface area contributed by atoms with Crippen molar-refractivity contribution in [2.45, 2.75) is 42.9 Å². The van der Waals surface area contributed by atoms with Crippen molar-refractivity contribution in [1.29, 1.82) is 0 Å². The highest BCUT2D eigenvalue weighted by molar-refractivity contribution is 5.48. The smallest absolute Gasteiger partial charge is 0.202 e. The Kier molecular flexibility index (Phi) is 11.5. The van der Waals surface area contributed by atoms with Crippen LogP contribution in [0.1, 0.15) is 40.5 Å². The van der Waals surface area contributed by atoms with Crippen molar-refractivity contribution in [2.75, 3.05) is 46.2 Å². The Hall–Kier alpha value is -4.16. The molecule has 6 rings (SSSR count). The summed E-state index contributed by atoms with van der Waals surface area (Å²) in [5, 5.41) is 37.9. The fraction of sp³-hybridized carbons (Fsp3) is 0.368. The maximum Gasteiger partial charge on any atom is 0.202 e. The maximum absolute atomic E-state index is 9.77. The molecule has 2 heterocycles. The molecule has 10 heteroatoms. The molecule has 2 aliphatic heterocycles. The lowest BCUT2D eigenvalue weighted by Gasteiger charge is -2.30. The van der Waals surface area contributed by atoms with E-state index >= 15 is 0 Å². The quantitative estimate of drug-likeness (QED) is 0.116. The summed E-state index contributed by atoms with van der Waals surface area (Å²) in [5.41, 5.74) is 4.19. The molecule has 10 nitrogen and oxygen atoms in total. The first-order chi connectivity index (χ1) is 23.5. The Balaban J connectivity index is 1.36. The van der Waals surface area contributed by atoms with Crippen molar-refractivity contribution in [3.63, 3.8) is 0 Å². The second-order valence-electron chi connectivity index (χ2n) is 12.0. The zero-order chi connectivity index (χ0) is 33.3. The molecule has 6 atom stereocenters. The second-order valence-corrected chi connectivity index (χ2v) is 12.0. The molecule has 48 heavy (non-hydrogen) atoms. The summed E-state index contributed by atoms with van der Waals surface area (Å²) in [6, 6.07) is 31.8. The summed E-state index contributed by atoms with van der Waals surface area (Å²) >= 11 is 0. The topological polar surface area (TPSA) is 140 Å². The maximum atomic E-state index is 9.77. The van der Waals surface area contributed by atoms with Crippen molar-refractivity contribution < 1.29 is 48.8 Å². The molecule has 4 aromatic rings. The predicted molar refractivity (Wildman–Crippen MR) is 177 cm³/mol. The highest BCUT2D eigenvalue weighted by Crippen LogP contribution is 2.44. The minimum absolute atomic E-state index is 0.0146. The van der Waals surface area contributed by atoms with Gasteiger partial charge in [0.15, 0.2) is 0 Å². The third kappa shape index (κ3) is 9.04. The molecule has 0 spiro atoms. The summed E-state index contributed by atoms with van der Waals surface area (Å²) in [6.07, 6.45) is -1.13. The number of hydrogen-bond donors (Lipinski definition) is 4. The molecule has 0 amide bonds. The van der Waals surface area contributed by atoms with Crippen LogP contribution in [0.5, 0.6) is 23.0 Å². The molecule has 0 aromatic heterocycles. The molecule has 0 radical (unpaired) electrons. The lowest BCUT2D eigenvalue weighted by Crippen LogP contribution is -2.32. The van der Waals surface area contributed by atoms with Crippen LogP contribution in [0.25, 0.3) is 0 Å². The lowest BCUT2D eigenvalue weighted by atomic mass is 9.73. The summed E-state index contributed by atoms with van der Waals surface area (Å²) in [7, 11) is 0. The summed E-state index contributed by atoms with van der Waals surface area (Å²) in [4.78, 5) is 0. The third-order valence-corrected chi connectivity index (χ3v) is 8.36. The van der Waals surface area contributed by atoms with Crippen molar-refractivity contribution in [2.24, 2.45) is 0 Å². The number of hydrogen-bond acceptors (Lipinski definition) is 10. The van der Waals surface area contributed by atoms with Gasteiger partial charge in [0.1, 0.15) is 61.1 Å². The SMILES string of the molecule is OCC(O)COc1ccc(C(c2ccc(OCC3CO3)cc2)C(c2ccc(OCC(O)CO)cc2)c2ccc(OC3CCO3)cc2)cc1. The number of ether oxygens (including phenoxy) is 6. The molecule has 6 unspecified atom stereocenters. The van der Waals surface area contributed by atoms with E-state index in [1.54, 1.807) is 0 Å². The Labute approximate surface area is 280 Å². The standard InChI is InChI=1S/C38H42O10/c39-19-29(41)21-44-31-9-1-25(2-10-31)37(27-5-13-33(14-6-27)46-23-35-24-47-35)38(26-3-11-32(12-4-26)45-22-30(42)20-40)28-7-15-34(16-8-28)48-36-17-18-43-36/h1-16,29-30,35-42H,17-24H2. The van der Waals surface area contributed by atoms with Gasteiger partial charge in [-0.3, -0.25) is 0 Å². The molecule has 4 N–H and O–H groups in total. The van der Waals surface area contributed by atoms with Crippen LogP contribution in [0.2, 0.25) is 0 Å². The van der Waals surface area contributed by atoms with Crippen molar-refractivity contribution in [3.05, 3.63) is 119 Å². The molecule has 0 aliphatic carbocycles. The van der Waals surface area contributed by atoms with Gasteiger partial charge >= 0.3 is 0 Å². The van der Waals surface area contributed by atoms with Gasteiger partial charge in [-0.25, -0.2) is 0 Å². The zero-order valence-electron chi connectivity index (χ0n) is 26.6. The monoisotopic (exact) mass is 658 g/mol. The first-order valence-corrected chi connectivity index (χ1v) is 16.2. The Morgan fingerprint density at radius 1 is 0.562 bits per heavy atom.